The van der Waals surface area contributed by atoms with Crippen molar-refractivity contribution in [1.29, 1.82) is 0 Å². The van der Waals surface area contributed by atoms with Gasteiger partial charge in [-0.1, -0.05) is 6.07 Å². The lowest BCUT2D eigenvalue weighted by Gasteiger charge is -2.06. The second kappa shape index (κ2) is 3.94. The highest BCUT2D eigenvalue weighted by Crippen LogP contribution is 2.16. The molecule has 0 saturated carbocycles. The van der Waals surface area contributed by atoms with Crippen LogP contribution in [0.5, 0.6) is 0 Å². The quantitative estimate of drug-likeness (QED) is 0.656. The Kier molecular flexibility index (Phi) is 2.38. The van der Waals surface area contributed by atoms with Crippen LogP contribution in [0.4, 0.5) is 0 Å². The molecule has 0 aliphatic carbocycles. The van der Waals surface area contributed by atoms with Crippen molar-refractivity contribution < 1.29 is 0 Å². The molecule has 0 bridgehead atoms. The molecule has 2 heterocycles. The summed E-state index contributed by atoms with van der Waals surface area (Å²) >= 11 is 0. The van der Waals surface area contributed by atoms with Crippen LogP contribution < -0.4 is 11.4 Å². The topological polar surface area (TPSA) is 78.7 Å². The van der Waals surface area contributed by atoms with Crippen LogP contribution in [0.1, 0.15) is 11.1 Å². The predicted molar refractivity (Wildman–Crippen MR) is 72.7 cm³/mol. The van der Waals surface area contributed by atoms with E-state index in [1.807, 2.05) is 32.0 Å². The van der Waals surface area contributed by atoms with Gasteiger partial charge in [0.1, 0.15) is 11.7 Å². The first-order valence-corrected chi connectivity index (χ1v) is 5.86. The first kappa shape index (κ1) is 11.5. The van der Waals surface area contributed by atoms with E-state index in [1.165, 1.54) is 18.1 Å². The van der Waals surface area contributed by atoms with E-state index < -0.39 is 0 Å². The predicted octanol–water partition coefficient (Wildman–Crippen LogP) is 0.913. The maximum Gasteiger partial charge on any atom is 0.282 e. The molecule has 0 aliphatic rings. The summed E-state index contributed by atoms with van der Waals surface area (Å²) in [4.78, 5) is 16.0. The fraction of sp³-hybridized carbons (Fsp3) is 0.154. The molecular formula is C13H13N5O. The van der Waals surface area contributed by atoms with Gasteiger partial charge in [0.25, 0.3) is 5.56 Å². The summed E-state index contributed by atoms with van der Waals surface area (Å²) in [6.07, 6.45) is 2.78. The van der Waals surface area contributed by atoms with E-state index in [9.17, 15) is 4.79 Å². The second-order valence-electron chi connectivity index (χ2n) is 4.52. The molecule has 0 unspecified atom stereocenters. The van der Waals surface area contributed by atoms with Gasteiger partial charge in [-0.3, -0.25) is 4.79 Å². The molecule has 0 atom stereocenters. The van der Waals surface area contributed by atoms with E-state index in [0.717, 1.165) is 15.9 Å². The molecule has 0 amide bonds. The summed E-state index contributed by atoms with van der Waals surface area (Å²) in [5, 5.41) is 4.63. The molecule has 19 heavy (non-hydrogen) atoms. The number of fused-ring (bicyclic) bond motifs is 1. The van der Waals surface area contributed by atoms with Crippen LogP contribution in [0.15, 0.2) is 35.5 Å². The van der Waals surface area contributed by atoms with Gasteiger partial charge < -0.3 is 5.84 Å². The zero-order valence-corrected chi connectivity index (χ0v) is 10.7. The standard InChI is InChI=1S/C13H13N5O/c1-8-3-4-10(5-9(8)2)18-12-11(6-16-18)13(19)17(14)7-15-12/h3-7H,14H2,1-2H3. The minimum absolute atomic E-state index is 0.305. The summed E-state index contributed by atoms with van der Waals surface area (Å²) in [6.45, 7) is 4.08. The van der Waals surface area contributed by atoms with Crippen molar-refractivity contribution >= 4 is 11.0 Å². The summed E-state index contributed by atoms with van der Waals surface area (Å²) in [5.41, 5.74) is 3.45. The zero-order chi connectivity index (χ0) is 13.6. The molecule has 0 aliphatic heterocycles. The van der Waals surface area contributed by atoms with E-state index in [1.54, 1.807) is 4.68 Å². The summed E-state index contributed by atoms with van der Waals surface area (Å²) in [7, 11) is 0. The Bertz CT molecular complexity index is 831. The highest BCUT2D eigenvalue weighted by molar-refractivity contribution is 5.75. The van der Waals surface area contributed by atoms with Gasteiger partial charge in [0.15, 0.2) is 5.65 Å². The summed E-state index contributed by atoms with van der Waals surface area (Å²) in [5.74, 6) is 5.48. The minimum atomic E-state index is -0.305. The number of benzene rings is 1. The molecule has 0 radical (unpaired) electrons. The van der Waals surface area contributed by atoms with Crippen LogP contribution in [0.3, 0.4) is 0 Å². The number of nitrogen functional groups attached to an aromatic ring is 1. The van der Waals surface area contributed by atoms with Crippen molar-refractivity contribution in [2.75, 3.05) is 5.84 Å². The number of hydrogen-bond donors (Lipinski definition) is 1. The van der Waals surface area contributed by atoms with E-state index in [-0.39, 0.29) is 5.56 Å². The minimum Gasteiger partial charge on any atom is -0.335 e. The Morgan fingerprint density at radius 2 is 2.00 bits per heavy atom. The third-order valence-corrected chi connectivity index (χ3v) is 3.25. The Morgan fingerprint density at radius 3 is 2.74 bits per heavy atom. The Balaban J connectivity index is 2.29. The van der Waals surface area contributed by atoms with Gasteiger partial charge in [0.05, 0.1) is 11.9 Å². The smallest absolute Gasteiger partial charge is 0.282 e. The molecule has 0 fully saturated rings. The molecule has 6 nitrogen and oxygen atoms in total. The van der Waals surface area contributed by atoms with E-state index in [0.29, 0.717) is 11.0 Å². The third-order valence-electron chi connectivity index (χ3n) is 3.25. The monoisotopic (exact) mass is 255 g/mol. The van der Waals surface area contributed by atoms with Crippen LogP contribution in [-0.2, 0) is 0 Å². The van der Waals surface area contributed by atoms with Crippen LogP contribution in [0, 0.1) is 13.8 Å². The molecule has 2 aromatic heterocycles. The third kappa shape index (κ3) is 1.69. The van der Waals surface area contributed by atoms with E-state index >= 15 is 0 Å². The van der Waals surface area contributed by atoms with Crippen molar-refractivity contribution in [2.24, 2.45) is 0 Å². The zero-order valence-electron chi connectivity index (χ0n) is 10.7. The summed E-state index contributed by atoms with van der Waals surface area (Å²) < 4.78 is 2.60. The van der Waals surface area contributed by atoms with E-state index in [4.69, 9.17) is 5.84 Å². The molecule has 6 heteroatoms. The van der Waals surface area contributed by atoms with Gasteiger partial charge >= 0.3 is 0 Å². The SMILES string of the molecule is Cc1ccc(-n2ncc3c(=O)n(N)cnc32)cc1C. The fourth-order valence-corrected chi connectivity index (χ4v) is 1.97. The Hall–Kier alpha value is -2.63. The number of rotatable bonds is 1. The van der Waals surface area contributed by atoms with Crippen molar-refractivity contribution in [3.05, 3.63) is 52.2 Å². The maximum absolute atomic E-state index is 11.8. The Labute approximate surface area is 109 Å². The average Bonchev–Trinajstić information content (AvgIpc) is 2.82. The molecular weight excluding hydrogens is 242 g/mol. The lowest BCUT2D eigenvalue weighted by Crippen LogP contribution is -2.26. The number of aromatic nitrogens is 4. The van der Waals surface area contributed by atoms with Crippen molar-refractivity contribution in [3.63, 3.8) is 0 Å². The van der Waals surface area contributed by atoms with Crippen LogP contribution in [0.2, 0.25) is 0 Å². The van der Waals surface area contributed by atoms with Gasteiger partial charge in [0.2, 0.25) is 0 Å². The number of aryl methyl sites for hydroxylation is 2. The normalized spacial score (nSPS) is 11.1. The largest absolute Gasteiger partial charge is 0.335 e. The van der Waals surface area contributed by atoms with Crippen LogP contribution in [0.25, 0.3) is 16.7 Å². The summed E-state index contributed by atoms with van der Waals surface area (Å²) in [6, 6.07) is 5.98. The van der Waals surface area contributed by atoms with Gasteiger partial charge in [-0.2, -0.15) is 5.10 Å². The number of nitrogens with two attached hydrogens (primary N) is 1. The van der Waals surface area contributed by atoms with Crippen molar-refractivity contribution in [3.8, 4) is 5.69 Å². The van der Waals surface area contributed by atoms with Crippen molar-refractivity contribution in [1.82, 2.24) is 19.4 Å². The molecule has 96 valence electrons. The Morgan fingerprint density at radius 1 is 1.21 bits per heavy atom. The molecule has 3 aromatic rings. The molecule has 2 N–H and O–H groups in total. The van der Waals surface area contributed by atoms with E-state index in [2.05, 4.69) is 10.1 Å². The molecule has 0 saturated heterocycles. The lowest BCUT2D eigenvalue weighted by atomic mass is 10.1. The first-order valence-electron chi connectivity index (χ1n) is 5.86. The van der Waals surface area contributed by atoms with Gasteiger partial charge in [-0.15, -0.1) is 0 Å². The van der Waals surface area contributed by atoms with Crippen LogP contribution >= 0.6 is 0 Å². The van der Waals surface area contributed by atoms with Gasteiger partial charge in [0, 0.05) is 0 Å². The van der Waals surface area contributed by atoms with Gasteiger partial charge in [-0.05, 0) is 37.1 Å². The first-order chi connectivity index (χ1) is 9.08. The van der Waals surface area contributed by atoms with Crippen molar-refractivity contribution in [2.45, 2.75) is 13.8 Å². The maximum atomic E-state index is 11.8. The fourth-order valence-electron chi connectivity index (χ4n) is 1.97. The highest BCUT2D eigenvalue weighted by atomic mass is 16.1. The highest BCUT2D eigenvalue weighted by Gasteiger charge is 2.10. The average molecular weight is 255 g/mol. The lowest BCUT2D eigenvalue weighted by molar-refractivity contribution is 0.872. The molecule has 0 spiro atoms. The second-order valence-corrected chi connectivity index (χ2v) is 4.52. The number of nitrogens with zero attached hydrogens (tertiary/aromatic N) is 4. The molecule has 1 aromatic carbocycles. The number of hydrogen-bond acceptors (Lipinski definition) is 4. The van der Waals surface area contributed by atoms with Crippen LogP contribution in [-0.4, -0.2) is 19.4 Å². The molecule has 3 rings (SSSR count). The van der Waals surface area contributed by atoms with Gasteiger partial charge in [-0.25, -0.2) is 14.3 Å².